The maximum atomic E-state index is 11.6. The highest BCUT2D eigenvalue weighted by Gasteiger charge is 2.32. The molecule has 1 heterocycles. The second-order valence-corrected chi connectivity index (χ2v) is 5.50. The summed E-state index contributed by atoms with van der Waals surface area (Å²) in [5.74, 6) is -0.171. The molecule has 0 aromatic rings. The Morgan fingerprint density at radius 2 is 1.81 bits per heavy atom. The van der Waals surface area contributed by atoms with E-state index in [2.05, 4.69) is 4.84 Å². The number of nitrogens with one attached hydrogen (secondary N) is 1. The van der Waals surface area contributed by atoms with Crippen LogP contribution in [0.4, 0.5) is 0 Å². The number of amides is 2. The maximum absolute atomic E-state index is 11.6. The lowest BCUT2D eigenvalue weighted by molar-refractivity contribution is -0.148. The number of piperidine rings is 1. The number of nitrogens with zero attached hydrogens (tertiary/aromatic N) is 1. The highest BCUT2D eigenvalue weighted by Crippen LogP contribution is 2.22. The Hall–Kier alpha value is -0.610. The van der Waals surface area contributed by atoms with Gasteiger partial charge in [0.2, 0.25) is 11.8 Å². The first-order valence-corrected chi connectivity index (χ1v) is 5.93. The lowest BCUT2D eigenvalue weighted by atomic mass is 9.87. The topological polar surface area (TPSA) is 49.4 Å². The van der Waals surface area contributed by atoms with Gasteiger partial charge in [-0.25, -0.2) is 4.84 Å². The van der Waals surface area contributed by atoms with Crippen LogP contribution in [0.1, 0.15) is 40.0 Å². The summed E-state index contributed by atoms with van der Waals surface area (Å²) in [5, 5.41) is 0. The van der Waals surface area contributed by atoms with E-state index in [1.807, 2.05) is 20.8 Å². The van der Waals surface area contributed by atoms with E-state index in [9.17, 15) is 9.59 Å². The second kappa shape index (κ2) is 5.15. The van der Waals surface area contributed by atoms with Crippen molar-refractivity contribution in [2.75, 3.05) is 6.54 Å². The number of carbonyl (C=O) groups excluding carboxylic acids is 2. The Morgan fingerprint density at radius 3 is 2.19 bits per heavy atom. The van der Waals surface area contributed by atoms with Crippen LogP contribution in [0.25, 0.3) is 0 Å². The van der Waals surface area contributed by atoms with Crippen molar-refractivity contribution in [2.45, 2.75) is 46.1 Å². The van der Waals surface area contributed by atoms with Gasteiger partial charge in [-0.15, -0.1) is 0 Å². The monoisotopic (exact) mass is 246 g/mol. The van der Waals surface area contributed by atoms with E-state index >= 15 is 0 Å². The van der Waals surface area contributed by atoms with Crippen LogP contribution < -0.4 is 4.84 Å². The van der Waals surface area contributed by atoms with Gasteiger partial charge in [0.05, 0.1) is 0 Å². The number of imide groups is 1. The molecule has 1 rings (SSSR count). The van der Waals surface area contributed by atoms with Gasteiger partial charge in [0.25, 0.3) is 0 Å². The van der Waals surface area contributed by atoms with E-state index < -0.39 is 0 Å². The zero-order valence-electron chi connectivity index (χ0n) is 10.0. The third kappa shape index (κ3) is 3.19. The molecular weight excluding hydrogens is 228 g/mol. The molecule has 4 nitrogen and oxygen atoms in total. The molecule has 0 bridgehead atoms. The van der Waals surface area contributed by atoms with Crippen molar-refractivity contribution < 1.29 is 9.59 Å². The van der Waals surface area contributed by atoms with Gasteiger partial charge in [0.1, 0.15) is 0 Å². The molecule has 1 aliphatic heterocycles. The summed E-state index contributed by atoms with van der Waals surface area (Å²) in [5.41, 5.74) is -0.0975. The first-order valence-electron chi connectivity index (χ1n) is 5.55. The average molecular weight is 247 g/mol. The van der Waals surface area contributed by atoms with E-state index in [4.69, 9.17) is 11.8 Å². The van der Waals surface area contributed by atoms with Crippen molar-refractivity contribution >= 4 is 23.6 Å². The Bertz CT molecular complexity index is 270. The minimum Gasteiger partial charge on any atom is -0.281 e. The van der Waals surface area contributed by atoms with Crippen LogP contribution in [-0.2, 0) is 9.59 Å². The molecule has 0 radical (unpaired) electrons. The van der Waals surface area contributed by atoms with Crippen LogP contribution >= 0.6 is 11.8 Å². The third-order valence-corrected chi connectivity index (χ3v) is 3.19. The molecule has 0 unspecified atom stereocenters. The molecule has 0 spiro atoms. The Kier molecular flexibility index (Phi) is 4.33. The van der Waals surface area contributed by atoms with E-state index in [0.717, 1.165) is 0 Å². The van der Waals surface area contributed by atoms with Gasteiger partial charge < -0.3 is 0 Å². The number of likely N-dealkylation sites (tertiary alicyclic amines) is 1. The van der Waals surface area contributed by atoms with Gasteiger partial charge in [-0.05, 0) is 23.6 Å². The maximum Gasteiger partial charge on any atom is 0.229 e. The van der Waals surface area contributed by atoms with E-state index in [1.54, 1.807) is 0 Å². The predicted molar refractivity (Wildman–Crippen MR) is 62.8 cm³/mol. The van der Waals surface area contributed by atoms with Crippen molar-refractivity contribution in [1.82, 2.24) is 9.74 Å². The number of carbonyl (C=O) groups is 2. The van der Waals surface area contributed by atoms with Crippen LogP contribution in [-0.4, -0.2) is 29.3 Å². The first-order chi connectivity index (χ1) is 7.36. The summed E-state index contributed by atoms with van der Waals surface area (Å²) in [6.07, 6.45) is 1.60. The van der Waals surface area contributed by atoms with Crippen molar-refractivity contribution in [2.24, 2.45) is 5.41 Å². The molecule has 1 saturated heterocycles. The van der Waals surface area contributed by atoms with Gasteiger partial charge in [-0.1, -0.05) is 20.8 Å². The number of hydrogen-bond donors (Lipinski definition) is 1. The molecule has 5 heteroatoms. The van der Waals surface area contributed by atoms with Crippen LogP contribution in [0.15, 0.2) is 0 Å². The van der Waals surface area contributed by atoms with E-state index in [1.165, 1.54) is 4.90 Å². The van der Waals surface area contributed by atoms with Crippen LogP contribution in [0, 0.1) is 5.41 Å². The van der Waals surface area contributed by atoms with Gasteiger partial charge in [-0.2, -0.15) is 0 Å². The predicted octanol–water partition coefficient (Wildman–Crippen LogP) is 1.68. The van der Waals surface area contributed by atoms with Crippen molar-refractivity contribution in [1.29, 1.82) is 0 Å². The molecular formula is C11H19ClN2O2. The lowest BCUT2D eigenvalue weighted by Crippen LogP contribution is -2.50. The summed E-state index contributed by atoms with van der Waals surface area (Å²) in [4.78, 5) is 27.2. The molecule has 92 valence electrons. The molecule has 0 aromatic heterocycles. The SMILES string of the molecule is CC(C)(C)[C@@H](CN1C(=O)CCCC1=O)NCl. The molecule has 1 fully saturated rings. The van der Waals surface area contributed by atoms with Gasteiger partial charge >= 0.3 is 0 Å². The Labute approximate surface area is 101 Å². The normalized spacial score (nSPS) is 20.1. The smallest absolute Gasteiger partial charge is 0.229 e. The molecule has 1 aliphatic rings. The summed E-state index contributed by atoms with van der Waals surface area (Å²) in [7, 11) is 0. The highest BCUT2D eigenvalue weighted by atomic mass is 35.5. The fourth-order valence-electron chi connectivity index (χ4n) is 1.66. The Balaban J connectivity index is 2.70. The number of rotatable bonds is 3. The van der Waals surface area contributed by atoms with Crippen LogP contribution in [0.2, 0.25) is 0 Å². The van der Waals surface area contributed by atoms with Crippen LogP contribution in [0.5, 0.6) is 0 Å². The quantitative estimate of drug-likeness (QED) is 0.609. The summed E-state index contributed by atoms with van der Waals surface area (Å²) < 4.78 is 0. The Morgan fingerprint density at radius 1 is 1.31 bits per heavy atom. The first kappa shape index (κ1) is 13.5. The van der Waals surface area contributed by atoms with E-state index in [-0.39, 0.29) is 23.3 Å². The minimum atomic E-state index is -0.0975. The molecule has 2 amide bonds. The van der Waals surface area contributed by atoms with Gasteiger partial charge in [0, 0.05) is 25.4 Å². The zero-order valence-corrected chi connectivity index (χ0v) is 10.8. The van der Waals surface area contributed by atoms with Crippen molar-refractivity contribution in [3.05, 3.63) is 0 Å². The molecule has 1 atom stereocenters. The lowest BCUT2D eigenvalue weighted by Gasteiger charge is -2.34. The molecule has 0 saturated carbocycles. The number of halogens is 1. The van der Waals surface area contributed by atoms with E-state index in [0.29, 0.717) is 25.8 Å². The largest absolute Gasteiger partial charge is 0.281 e. The average Bonchev–Trinajstić information content (AvgIpc) is 2.15. The molecule has 1 N–H and O–H groups in total. The molecule has 16 heavy (non-hydrogen) atoms. The fraction of sp³-hybridized carbons (Fsp3) is 0.818. The second-order valence-electron chi connectivity index (χ2n) is 5.28. The van der Waals surface area contributed by atoms with Gasteiger partial charge in [0.15, 0.2) is 0 Å². The van der Waals surface area contributed by atoms with Crippen LogP contribution in [0.3, 0.4) is 0 Å². The molecule has 0 aromatic carbocycles. The molecule has 0 aliphatic carbocycles. The number of hydrogen-bond acceptors (Lipinski definition) is 3. The third-order valence-electron chi connectivity index (χ3n) is 2.93. The zero-order chi connectivity index (χ0) is 12.3. The summed E-state index contributed by atoms with van der Waals surface area (Å²) in [6, 6.07) is -0.0971. The van der Waals surface area contributed by atoms with Gasteiger partial charge in [-0.3, -0.25) is 14.5 Å². The minimum absolute atomic E-state index is 0.0857. The standard InChI is InChI=1S/C11H19ClN2O2/c1-11(2,3)8(13-12)7-14-9(15)5-4-6-10(14)16/h8,13H,4-7H2,1-3H3/t8-/m1/s1. The summed E-state index contributed by atoms with van der Waals surface area (Å²) >= 11 is 5.67. The highest BCUT2D eigenvalue weighted by molar-refractivity contribution is 6.13. The van der Waals surface area contributed by atoms with Crippen molar-refractivity contribution in [3.8, 4) is 0 Å². The van der Waals surface area contributed by atoms with Crippen molar-refractivity contribution in [3.63, 3.8) is 0 Å². The summed E-state index contributed by atoms with van der Waals surface area (Å²) in [6.45, 7) is 6.41. The fourth-order valence-corrected chi connectivity index (χ4v) is 2.05.